The van der Waals surface area contributed by atoms with E-state index in [1.807, 2.05) is 0 Å². The van der Waals surface area contributed by atoms with E-state index in [4.69, 9.17) is 5.73 Å². The lowest BCUT2D eigenvalue weighted by atomic mass is 10.2. The third-order valence-corrected chi connectivity index (χ3v) is 2.12. The van der Waals surface area contributed by atoms with Crippen molar-refractivity contribution in [3.05, 3.63) is 23.4 Å². The second-order valence-electron chi connectivity index (χ2n) is 3.45. The number of pyridine rings is 1. The average molecular weight is 252 g/mol. The lowest BCUT2D eigenvalue weighted by Gasteiger charge is -2.15. The van der Waals surface area contributed by atoms with Crippen molar-refractivity contribution >= 4 is 0 Å². The molecular weight excluding hydrogens is 240 g/mol. The van der Waals surface area contributed by atoms with Crippen LogP contribution in [0.3, 0.4) is 0 Å². The van der Waals surface area contributed by atoms with Crippen LogP contribution in [0.4, 0.5) is 17.6 Å². The van der Waals surface area contributed by atoms with E-state index in [1.54, 1.807) is 13.0 Å². The monoisotopic (exact) mass is 252 g/mol. The van der Waals surface area contributed by atoms with Crippen LogP contribution in [0.1, 0.15) is 11.3 Å². The fraction of sp³-hybridized carbons (Fsp3) is 0.500. The fourth-order valence-corrected chi connectivity index (χ4v) is 1.10. The van der Waals surface area contributed by atoms with E-state index >= 15 is 0 Å². The Bertz CT molecular complexity index is 385. The molecule has 7 heteroatoms. The summed E-state index contributed by atoms with van der Waals surface area (Å²) in [5.41, 5.74) is 6.64. The van der Waals surface area contributed by atoms with Crippen LogP contribution in [0.5, 0.6) is 5.88 Å². The molecule has 0 amide bonds. The molecule has 3 nitrogen and oxygen atoms in total. The van der Waals surface area contributed by atoms with Crippen LogP contribution in [0.25, 0.3) is 0 Å². The molecule has 96 valence electrons. The third-order valence-electron chi connectivity index (χ3n) is 2.12. The summed E-state index contributed by atoms with van der Waals surface area (Å²) in [5, 5.41) is 0. The standard InChI is InChI=1S/C10H12F4N2O/c1-6-7(4-15)2-3-8(16-6)17-5-10(13,14)9(11)12/h2-3,9H,4-5,15H2,1H3. The van der Waals surface area contributed by atoms with Gasteiger partial charge in [-0.3, -0.25) is 0 Å². The number of alkyl halides is 4. The summed E-state index contributed by atoms with van der Waals surface area (Å²) in [4.78, 5) is 3.83. The van der Waals surface area contributed by atoms with Crippen molar-refractivity contribution in [1.29, 1.82) is 0 Å². The Kier molecular flexibility index (Phi) is 4.28. The minimum absolute atomic E-state index is 0.125. The minimum atomic E-state index is -4.18. The molecule has 1 aromatic heterocycles. The number of halogens is 4. The lowest BCUT2D eigenvalue weighted by Crippen LogP contribution is -2.33. The topological polar surface area (TPSA) is 48.1 Å². The van der Waals surface area contributed by atoms with E-state index in [9.17, 15) is 17.6 Å². The summed E-state index contributed by atoms with van der Waals surface area (Å²) in [6.07, 6.45) is -3.76. The second kappa shape index (κ2) is 5.31. The van der Waals surface area contributed by atoms with E-state index in [0.717, 1.165) is 5.56 Å². The zero-order valence-corrected chi connectivity index (χ0v) is 9.09. The first-order valence-corrected chi connectivity index (χ1v) is 4.82. The number of nitrogens with two attached hydrogens (primary N) is 1. The van der Waals surface area contributed by atoms with Crippen molar-refractivity contribution in [3.8, 4) is 5.88 Å². The van der Waals surface area contributed by atoms with E-state index in [0.29, 0.717) is 5.69 Å². The van der Waals surface area contributed by atoms with Crippen LogP contribution in [0.2, 0.25) is 0 Å². The molecule has 2 N–H and O–H groups in total. The van der Waals surface area contributed by atoms with Crippen LogP contribution in [0.15, 0.2) is 12.1 Å². The molecular formula is C10H12F4N2O. The maximum absolute atomic E-state index is 12.6. The van der Waals surface area contributed by atoms with E-state index in [1.165, 1.54) is 6.07 Å². The Morgan fingerprint density at radius 1 is 1.41 bits per heavy atom. The molecule has 0 aliphatic heterocycles. The van der Waals surface area contributed by atoms with Crippen molar-refractivity contribution in [3.63, 3.8) is 0 Å². The first kappa shape index (κ1) is 13.7. The van der Waals surface area contributed by atoms with Gasteiger partial charge in [0.1, 0.15) is 0 Å². The predicted molar refractivity (Wildman–Crippen MR) is 53.3 cm³/mol. The quantitative estimate of drug-likeness (QED) is 0.816. The SMILES string of the molecule is Cc1nc(OCC(F)(F)C(F)F)ccc1CN. The highest BCUT2D eigenvalue weighted by Crippen LogP contribution is 2.24. The highest BCUT2D eigenvalue weighted by molar-refractivity contribution is 5.24. The molecule has 0 bridgehead atoms. The first-order valence-electron chi connectivity index (χ1n) is 4.82. The van der Waals surface area contributed by atoms with Crippen LogP contribution in [-0.2, 0) is 6.54 Å². The molecule has 1 rings (SSSR count). The Morgan fingerprint density at radius 2 is 2.06 bits per heavy atom. The van der Waals surface area contributed by atoms with Crippen LogP contribution >= 0.6 is 0 Å². The molecule has 0 atom stereocenters. The van der Waals surface area contributed by atoms with E-state index in [-0.39, 0.29) is 12.4 Å². The molecule has 0 aliphatic carbocycles. The Hall–Kier alpha value is -1.37. The van der Waals surface area contributed by atoms with Gasteiger partial charge in [0.05, 0.1) is 0 Å². The van der Waals surface area contributed by atoms with Crippen LogP contribution in [0, 0.1) is 6.92 Å². The maximum Gasteiger partial charge on any atom is 0.340 e. The van der Waals surface area contributed by atoms with Gasteiger partial charge in [0.25, 0.3) is 0 Å². The molecule has 0 unspecified atom stereocenters. The average Bonchev–Trinajstić information content (AvgIpc) is 2.26. The largest absolute Gasteiger partial charge is 0.471 e. The molecule has 1 heterocycles. The smallest absolute Gasteiger partial charge is 0.340 e. The molecule has 17 heavy (non-hydrogen) atoms. The van der Waals surface area contributed by atoms with Gasteiger partial charge in [-0.15, -0.1) is 0 Å². The molecule has 0 radical (unpaired) electrons. The molecule has 0 saturated heterocycles. The number of hydrogen-bond donors (Lipinski definition) is 1. The number of aryl methyl sites for hydroxylation is 1. The first-order chi connectivity index (χ1) is 7.86. The number of aromatic nitrogens is 1. The van der Waals surface area contributed by atoms with Gasteiger partial charge in [0.15, 0.2) is 6.61 Å². The Morgan fingerprint density at radius 3 is 2.53 bits per heavy atom. The Balaban J connectivity index is 2.67. The van der Waals surface area contributed by atoms with Gasteiger partial charge in [-0.25, -0.2) is 13.8 Å². The zero-order chi connectivity index (χ0) is 13.1. The fourth-order valence-electron chi connectivity index (χ4n) is 1.10. The van der Waals surface area contributed by atoms with E-state index < -0.39 is 19.0 Å². The molecule has 0 saturated carbocycles. The molecule has 0 spiro atoms. The number of nitrogens with zero attached hydrogens (tertiary/aromatic N) is 1. The van der Waals surface area contributed by atoms with Crippen LogP contribution < -0.4 is 10.5 Å². The summed E-state index contributed by atoms with van der Waals surface area (Å²) < 4.78 is 53.3. The second-order valence-corrected chi connectivity index (χ2v) is 3.45. The summed E-state index contributed by atoms with van der Waals surface area (Å²) in [6.45, 7) is 0.478. The van der Waals surface area contributed by atoms with Crippen molar-refractivity contribution in [2.24, 2.45) is 5.73 Å². The summed E-state index contributed by atoms with van der Waals surface area (Å²) >= 11 is 0. The van der Waals surface area contributed by atoms with Gasteiger partial charge in [0, 0.05) is 18.3 Å². The summed E-state index contributed by atoms with van der Waals surface area (Å²) in [6, 6.07) is 2.87. The summed E-state index contributed by atoms with van der Waals surface area (Å²) in [7, 11) is 0. The lowest BCUT2D eigenvalue weighted by molar-refractivity contribution is -0.148. The molecule has 1 aromatic rings. The third kappa shape index (κ3) is 3.55. The highest BCUT2D eigenvalue weighted by atomic mass is 19.3. The van der Waals surface area contributed by atoms with Gasteiger partial charge in [-0.05, 0) is 12.5 Å². The Labute approximate surface area is 95.6 Å². The summed E-state index contributed by atoms with van der Waals surface area (Å²) in [5.74, 6) is -4.30. The highest BCUT2D eigenvalue weighted by Gasteiger charge is 2.41. The number of ether oxygens (including phenoxy) is 1. The van der Waals surface area contributed by atoms with Gasteiger partial charge < -0.3 is 10.5 Å². The minimum Gasteiger partial charge on any atom is -0.471 e. The molecule has 0 aromatic carbocycles. The van der Waals surface area contributed by atoms with E-state index in [2.05, 4.69) is 9.72 Å². The van der Waals surface area contributed by atoms with Gasteiger partial charge in [0.2, 0.25) is 5.88 Å². The molecule has 0 aliphatic rings. The number of hydrogen-bond acceptors (Lipinski definition) is 3. The van der Waals surface area contributed by atoms with Gasteiger partial charge >= 0.3 is 12.3 Å². The van der Waals surface area contributed by atoms with Crippen molar-refractivity contribution < 1.29 is 22.3 Å². The zero-order valence-electron chi connectivity index (χ0n) is 9.09. The van der Waals surface area contributed by atoms with Crippen molar-refractivity contribution in [2.45, 2.75) is 25.8 Å². The van der Waals surface area contributed by atoms with Crippen molar-refractivity contribution in [1.82, 2.24) is 4.98 Å². The normalized spacial score (nSPS) is 11.9. The maximum atomic E-state index is 12.6. The molecule has 0 fully saturated rings. The van der Waals surface area contributed by atoms with Crippen LogP contribution in [-0.4, -0.2) is 23.9 Å². The van der Waals surface area contributed by atoms with Gasteiger partial charge in [-0.1, -0.05) is 6.07 Å². The number of rotatable bonds is 5. The van der Waals surface area contributed by atoms with Gasteiger partial charge in [-0.2, -0.15) is 8.78 Å². The predicted octanol–water partition coefficient (Wildman–Crippen LogP) is 2.13. The van der Waals surface area contributed by atoms with Crippen molar-refractivity contribution in [2.75, 3.05) is 6.61 Å².